The highest BCUT2D eigenvalue weighted by Gasteiger charge is 2.23. The Labute approximate surface area is 151 Å². The van der Waals surface area contributed by atoms with Crippen LogP contribution >= 0.6 is 0 Å². The fourth-order valence-corrected chi connectivity index (χ4v) is 2.29. The smallest absolute Gasteiger partial charge is 0.409 e. The molecule has 8 heteroatoms. The Morgan fingerprint density at radius 3 is 2.19 bits per heavy atom. The van der Waals surface area contributed by atoms with Crippen molar-refractivity contribution in [2.24, 2.45) is 0 Å². The van der Waals surface area contributed by atoms with Crippen molar-refractivity contribution in [2.45, 2.75) is 25.9 Å². The van der Waals surface area contributed by atoms with Gasteiger partial charge < -0.3 is 4.74 Å². The van der Waals surface area contributed by atoms with Crippen molar-refractivity contribution in [3.8, 4) is 5.75 Å². The predicted octanol–water partition coefficient (Wildman–Crippen LogP) is 5.85. The van der Waals surface area contributed by atoms with E-state index in [9.17, 15) is 31.1 Å². The van der Waals surface area contributed by atoms with Crippen molar-refractivity contribution >= 4 is 12.0 Å². The van der Waals surface area contributed by atoms with Crippen molar-refractivity contribution in [2.75, 3.05) is 0 Å². The second-order valence-corrected chi connectivity index (χ2v) is 5.63. The minimum Gasteiger partial charge on any atom is -0.423 e. The van der Waals surface area contributed by atoms with E-state index < -0.39 is 46.5 Å². The fraction of sp³-hybridized carbons (Fsp3) is 0.211. The van der Waals surface area contributed by atoms with E-state index in [-0.39, 0.29) is 12.2 Å². The largest absolute Gasteiger partial charge is 0.423 e. The van der Waals surface area contributed by atoms with E-state index in [4.69, 9.17) is 4.74 Å². The van der Waals surface area contributed by atoms with Crippen LogP contribution in [0, 0.1) is 17.5 Å². The van der Waals surface area contributed by atoms with Crippen LogP contribution in [0.4, 0.5) is 26.3 Å². The number of carbonyl (C=O) groups is 1. The molecule has 0 amide bonds. The molecule has 0 atom stereocenters. The molecule has 2 aromatic carbocycles. The average molecular weight is 388 g/mol. The zero-order chi connectivity index (χ0) is 20.2. The van der Waals surface area contributed by atoms with Crippen molar-refractivity contribution in [3.05, 3.63) is 70.5 Å². The summed E-state index contributed by atoms with van der Waals surface area (Å²) in [5.41, 5.74) is -0.705. The quantitative estimate of drug-likeness (QED) is 0.365. The first kappa shape index (κ1) is 20.5. The van der Waals surface area contributed by atoms with E-state index in [1.54, 1.807) is 0 Å². The summed E-state index contributed by atoms with van der Waals surface area (Å²) in [6, 6.07) is 4.96. The normalized spacial score (nSPS) is 11.8. The van der Waals surface area contributed by atoms with Crippen LogP contribution in [-0.4, -0.2) is 12.1 Å². The fourth-order valence-electron chi connectivity index (χ4n) is 2.29. The highest BCUT2D eigenvalue weighted by molar-refractivity contribution is 5.91. The highest BCUT2D eigenvalue weighted by atomic mass is 19.4. The van der Waals surface area contributed by atoms with E-state index in [2.05, 4.69) is 0 Å². The summed E-state index contributed by atoms with van der Waals surface area (Å²) < 4.78 is 82.8. The molecule has 0 bridgehead atoms. The van der Waals surface area contributed by atoms with Gasteiger partial charge >= 0.3 is 12.1 Å². The molecule has 0 aliphatic carbocycles. The lowest BCUT2D eigenvalue weighted by Gasteiger charge is -2.08. The summed E-state index contributed by atoms with van der Waals surface area (Å²) in [7, 11) is 0. The Morgan fingerprint density at radius 2 is 1.67 bits per heavy atom. The van der Waals surface area contributed by atoms with Crippen LogP contribution in [0.25, 0.3) is 6.08 Å². The minimum absolute atomic E-state index is 0.225. The molecule has 2 aromatic rings. The van der Waals surface area contributed by atoms with Crippen LogP contribution in [0.5, 0.6) is 5.75 Å². The number of allylic oxidation sites excluding steroid dienone is 1. The third kappa shape index (κ3) is 5.60. The molecule has 0 unspecified atom stereocenters. The second-order valence-electron chi connectivity index (χ2n) is 5.63. The number of alkyl halides is 3. The number of hydrogen-bond acceptors (Lipinski definition) is 2. The van der Waals surface area contributed by atoms with Gasteiger partial charge in [-0.2, -0.15) is 13.2 Å². The number of benzene rings is 2. The molecule has 0 N–H and O–H groups in total. The standard InChI is InChI=1S/C19H14F6O2/c1-2-3-11-4-5-14(15(20)8-11)18(26)27-12-9-16(21)13(17(22)10-12)6-7-19(23,24)25/h4-10H,2-3H2,1H3/b7-6+. The lowest BCUT2D eigenvalue weighted by molar-refractivity contribution is -0.0790. The number of aryl methyl sites for hydroxylation is 1. The average Bonchev–Trinajstić information content (AvgIpc) is 2.53. The van der Waals surface area contributed by atoms with Crippen LogP contribution in [-0.2, 0) is 6.42 Å². The summed E-state index contributed by atoms with van der Waals surface area (Å²) >= 11 is 0. The predicted molar refractivity (Wildman–Crippen MR) is 86.8 cm³/mol. The van der Waals surface area contributed by atoms with Crippen LogP contribution in [0.1, 0.15) is 34.8 Å². The summed E-state index contributed by atoms with van der Waals surface area (Å²) in [5.74, 6) is -5.37. The van der Waals surface area contributed by atoms with Gasteiger partial charge in [-0.25, -0.2) is 18.0 Å². The Morgan fingerprint density at radius 1 is 1.04 bits per heavy atom. The third-order valence-electron chi connectivity index (χ3n) is 3.49. The van der Waals surface area contributed by atoms with Gasteiger partial charge in [0.2, 0.25) is 0 Å². The molecule has 0 spiro atoms. The van der Waals surface area contributed by atoms with Crippen LogP contribution in [0.3, 0.4) is 0 Å². The van der Waals surface area contributed by atoms with Gasteiger partial charge in [0.05, 0.1) is 5.56 Å². The molecule has 0 aliphatic heterocycles. The van der Waals surface area contributed by atoms with Crippen molar-refractivity contribution < 1.29 is 35.9 Å². The zero-order valence-corrected chi connectivity index (χ0v) is 14.0. The molecule has 0 heterocycles. The summed E-state index contributed by atoms with van der Waals surface area (Å²) in [5, 5.41) is 0. The van der Waals surface area contributed by atoms with Crippen molar-refractivity contribution in [1.82, 2.24) is 0 Å². The van der Waals surface area contributed by atoms with Crippen LogP contribution in [0.15, 0.2) is 36.4 Å². The first-order valence-corrected chi connectivity index (χ1v) is 7.86. The number of hydrogen-bond donors (Lipinski definition) is 0. The summed E-state index contributed by atoms with van der Waals surface area (Å²) in [6.45, 7) is 1.90. The molecular formula is C19H14F6O2. The number of carbonyl (C=O) groups excluding carboxylic acids is 1. The Bertz CT molecular complexity index is 848. The molecule has 2 rings (SSSR count). The molecule has 0 fully saturated rings. The number of rotatable bonds is 5. The maximum absolute atomic E-state index is 14.0. The first-order chi connectivity index (χ1) is 12.6. The van der Waals surface area contributed by atoms with E-state index in [0.717, 1.165) is 12.5 Å². The van der Waals surface area contributed by atoms with Crippen LogP contribution < -0.4 is 4.74 Å². The molecule has 0 saturated heterocycles. The van der Waals surface area contributed by atoms with Gasteiger partial charge in [-0.3, -0.25) is 0 Å². The maximum Gasteiger partial charge on any atom is 0.409 e. The molecule has 144 valence electrons. The van der Waals surface area contributed by atoms with E-state index in [1.807, 2.05) is 6.92 Å². The molecular weight excluding hydrogens is 374 g/mol. The van der Waals surface area contributed by atoms with Gasteiger partial charge in [-0.1, -0.05) is 19.4 Å². The van der Waals surface area contributed by atoms with Crippen molar-refractivity contribution in [1.29, 1.82) is 0 Å². The van der Waals surface area contributed by atoms with Gasteiger partial charge in [-0.05, 0) is 30.2 Å². The van der Waals surface area contributed by atoms with Crippen LogP contribution in [0.2, 0.25) is 0 Å². The second kappa shape index (κ2) is 8.28. The number of halogens is 6. The minimum atomic E-state index is -4.74. The Balaban J connectivity index is 2.23. The van der Waals surface area contributed by atoms with Gasteiger partial charge in [-0.15, -0.1) is 0 Å². The maximum atomic E-state index is 14.0. The molecule has 0 aliphatic rings. The molecule has 27 heavy (non-hydrogen) atoms. The van der Waals surface area contributed by atoms with Crippen molar-refractivity contribution in [3.63, 3.8) is 0 Å². The lowest BCUT2D eigenvalue weighted by Crippen LogP contribution is -2.11. The first-order valence-electron chi connectivity index (χ1n) is 7.86. The highest BCUT2D eigenvalue weighted by Crippen LogP contribution is 2.25. The van der Waals surface area contributed by atoms with Gasteiger partial charge in [0.25, 0.3) is 0 Å². The SMILES string of the molecule is CCCc1ccc(C(=O)Oc2cc(F)c(/C=C/C(F)(F)F)c(F)c2)c(F)c1. The topological polar surface area (TPSA) is 26.3 Å². The zero-order valence-electron chi connectivity index (χ0n) is 14.0. The number of esters is 1. The Kier molecular flexibility index (Phi) is 6.30. The lowest BCUT2D eigenvalue weighted by atomic mass is 10.1. The summed E-state index contributed by atoms with van der Waals surface area (Å²) in [6.07, 6.45) is -3.46. The van der Waals surface area contributed by atoms with E-state index in [0.29, 0.717) is 24.1 Å². The van der Waals surface area contributed by atoms with Gasteiger partial charge in [0.1, 0.15) is 23.2 Å². The van der Waals surface area contributed by atoms with E-state index >= 15 is 0 Å². The summed E-state index contributed by atoms with van der Waals surface area (Å²) in [4.78, 5) is 12.0. The molecule has 0 radical (unpaired) electrons. The molecule has 0 aromatic heterocycles. The van der Waals surface area contributed by atoms with Gasteiger partial charge in [0, 0.05) is 23.8 Å². The third-order valence-corrected chi connectivity index (χ3v) is 3.49. The molecule has 0 saturated carbocycles. The Hall–Kier alpha value is -2.77. The number of ether oxygens (including phenoxy) is 1. The monoisotopic (exact) mass is 388 g/mol. The molecule has 2 nitrogen and oxygen atoms in total. The van der Waals surface area contributed by atoms with E-state index in [1.165, 1.54) is 12.1 Å². The van der Waals surface area contributed by atoms with Gasteiger partial charge in [0.15, 0.2) is 0 Å².